The molecule has 0 aliphatic carbocycles. The number of H-pyrrole nitrogens is 1. The Morgan fingerprint density at radius 1 is 1.12 bits per heavy atom. The molecule has 1 aromatic heterocycles. The van der Waals surface area contributed by atoms with E-state index in [0.717, 1.165) is 23.3 Å². The zero-order valence-corrected chi connectivity index (χ0v) is 15.1. The molecule has 6 heteroatoms. The molecule has 0 radical (unpaired) electrons. The van der Waals surface area contributed by atoms with Crippen LogP contribution in [0.5, 0.6) is 5.75 Å². The number of nitrogens with one attached hydrogen (secondary N) is 1. The lowest BCUT2D eigenvalue weighted by Crippen LogP contribution is -1.96. The molecule has 0 spiro atoms. The maximum atomic E-state index is 5.47. The van der Waals surface area contributed by atoms with Gasteiger partial charge in [-0.15, -0.1) is 0 Å². The number of hydrogen-bond donors (Lipinski definition) is 1. The normalized spacial score (nSPS) is 11.1. The van der Waals surface area contributed by atoms with Crippen LogP contribution in [0.15, 0.2) is 53.6 Å². The molecule has 3 rings (SSSR count). The predicted octanol–water partition coefficient (Wildman–Crippen LogP) is 4.45. The van der Waals surface area contributed by atoms with E-state index >= 15 is 0 Å². The smallest absolute Gasteiger partial charge is 0.216 e. The Bertz CT molecular complexity index is 908. The third kappa shape index (κ3) is 4.03. The van der Waals surface area contributed by atoms with Crippen molar-refractivity contribution in [3.8, 4) is 17.1 Å². The molecule has 3 aromatic rings. The number of aromatic nitrogens is 3. The van der Waals surface area contributed by atoms with Crippen molar-refractivity contribution in [2.75, 3.05) is 6.61 Å². The van der Waals surface area contributed by atoms with Crippen molar-refractivity contribution in [2.45, 2.75) is 20.3 Å². The van der Waals surface area contributed by atoms with Crippen molar-refractivity contribution in [3.05, 3.63) is 64.4 Å². The van der Waals surface area contributed by atoms with Gasteiger partial charge in [-0.05, 0) is 61.0 Å². The van der Waals surface area contributed by atoms with Gasteiger partial charge in [0.1, 0.15) is 5.75 Å². The van der Waals surface area contributed by atoms with Gasteiger partial charge in [-0.3, -0.25) is 0 Å². The third-order valence-electron chi connectivity index (χ3n) is 3.78. The molecular formula is C19H20N4OS. The Morgan fingerprint density at radius 2 is 1.84 bits per heavy atom. The molecule has 25 heavy (non-hydrogen) atoms. The topological polar surface area (TPSA) is 55.2 Å². The second-order valence-electron chi connectivity index (χ2n) is 5.46. The number of aryl methyl sites for hydroxylation is 1. The van der Waals surface area contributed by atoms with Crippen LogP contribution in [0.3, 0.4) is 0 Å². The van der Waals surface area contributed by atoms with Crippen LogP contribution in [0.1, 0.15) is 25.0 Å². The molecule has 0 atom stereocenters. The summed E-state index contributed by atoms with van der Waals surface area (Å²) in [5, 5.41) is 11.6. The minimum absolute atomic E-state index is 0.449. The Balaban J connectivity index is 1.88. The monoisotopic (exact) mass is 352 g/mol. The lowest BCUT2D eigenvalue weighted by atomic mass is 10.1. The molecule has 0 fully saturated rings. The predicted molar refractivity (Wildman–Crippen MR) is 103 cm³/mol. The second-order valence-corrected chi connectivity index (χ2v) is 5.85. The zero-order valence-electron chi connectivity index (χ0n) is 14.3. The zero-order chi connectivity index (χ0) is 17.6. The molecule has 0 aliphatic heterocycles. The Kier molecular flexibility index (Phi) is 5.40. The number of ether oxygens (including phenoxy) is 1. The van der Waals surface area contributed by atoms with Gasteiger partial charge in [-0.1, -0.05) is 31.2 Å². The Morgan fingerprint density at radius 3 is 2.48 bits per heavy atom. The van der Waals surface area contributed by atoms with Crippen LogP contribution in [0.4, 0.5) is 0 Å². The van der Waals surface area contributed by atoms with E-state index in [1.165, 1.54) is 5.56 Å². The van der Waals surface area contributed by atoms with Crippen molar-refractivity contribution >= 4 is 18.4 Å². The van der Waals surface area contributed by atoms with Crippen LogP contribution in [0.25, 0.3) is 11.4 Å². The Hall–Kier alpha value is -2.73. The van der Waals surface area contributed by atoms with E-state index in [-0.39, 0.29) is 0 Å². The molecular weight excluding hydrogens is 332 g/mol. The van der Waals surface area contributed by atoms with Crippen LogP contribution in [-0.4, -0.2) is 27.7 Å². The van der Waals surface area contributed by atoms with Crippen molar-refractivity contribution < 1.29 is 4.74 Å². The van der Waals surface area contributed by atoms with Gasteiger partial charge in [0.05, 0.1) is 12.8 Å². The molecule has 0 unspecified atom stereocenters. The number of rotatable bonds is 6. The molecule has 1 N–H and O–H groups in total. The summed E-state index contributed by atoms with van der Waals surface area (Å²) in [6, 6.07) is 16.0. The summed E-state index contributed by atoms with van der Waals surface area (Å²) in [7, 11) is 0. The first kappa shape index (κ1) is 17.1. The molecule has 0 saturated heterocycles. The van der Waals surface area contributed by atoms with Gasteiger partial charge in [0, 0.05) is 5.56 Å². The SMILES string of the molecule is CCOc1ccc(-c2n[nH]c(=S)n2/N=C\c2ccc(CC)cc2)cc1. The first-order valence-electron chi connectivity index (χ1n) is 8.25. The maximum Gasteiger partial charge on any atom is 0.216 e. The highest BCUT2D eigenvalue weighted by Gasteiger charge is 2.08. The van der Waals surface area contributed by atoms with Crippen molar-refractivity contribution in [2.24, 2.45) is 5.10 Å². The first-order chi connectivity index (χ1) is 12.2. The van der Waals surface area contributed by atoms with Gasteiger partial charge >= 0.3 is 0 Å². The fourth-order valence-corrected chi connectivity index (χ4v) is 2.60. The fraction of sp³-hybridized carbons (Fsp3) is 0.211. The van der Waals surface area contributed by atoms with Crippen LogP contribution < -0.4 is 4.74 Å². The quantitative estimate of drug-likeness (QED) is 0.527. The standard InChI is InChI=1S/C19H20N4OS/c1-3-14-5-7-15(8-6-14)13-20-23-18(21-22-19(23)25)16-9-11-17(12-10-16)24-4-2/h5-13H,3-4H2,1-2H3,(H,22,25)/b20-13-. The molecule has 0 saturated carbocycles. The van der Waals surface area contributed by atoms with E-state index in [2.05, 4.69) is 34.4 Å². The van der Waals surface area contributed by atoms with Crippen LogP contribution in [0, 0.1) is 4.77 Å². The molecule has 2 aromatic carbocycles. The van der Waals surface area contributed by atoms with E-state index in [1.54, 1.807) is 10.9 Å². The number of hydrogen-bond acceptors (Lipinski definition) is 4. The summed E-state index contributed by atoms with van der Waals surface area (Å²) >= 11 is 5.30. The Labute approximate surface area is 152 Å². The minimum Gasteiger partial charge on any atom is -0.494 e. The second kappa shape index (κ2) is 7.90. The molecule has 0 aliphatic rings. The van der Waals surface area contributed by atoms with Crippen molar-refractivity contribution in [1.29, 1.82) is 0 Å². The third-order valence-corrected chi connectivity index (χ3v) is 4.05. The number of nitrogens with zero attached hydrogens (tertiary/aromatic N) is 3. The average Bonchev–Trinajstić information content (AvgIpc) is 3.02. The van der Waals surface area contributed by atoms with Crippen LogP contribution >= 0.6 is 12.2 Å². The lowest BCUT2D eigenvalue weighted by molar-refractivity contribution is 0.340. The van der Waals surface area contributed by atoms with E-state index in [0.29, 0.717) is 17.2 Å². The summed E-state index contributed by atoms with van der Waals surface area (Å²) < 4.78 is 7.54. The van der Waals surface area contributed by atoms with E-state index in [4.69, 9.17) is 17.0 Å². The number of aromatic amines is 1. The van der Waals surface area contributed by atoms with E-state index < -0.39 is 0 Å². The lowest BCUT2D eigenvalue weighted by Gasteiger charge is -2.04. The van der Waals surface area contributed by atoms with Gasteiger partial charge < -0.3 is 4.74 Å². The van der Waals surface area contributed by atoms with Crippen LogP contribution in [0.2, 0.25) is 0 Å². The van der Waals surface area contributed by atoms with Gasteiger partial charge in [-0.2, -0.15) is 14.9 Å². The van der Waals surface area contributed by atoms with Crippen LogP contribution in [-0.2, 0) is 6.42 Å². The van der Waals surface area contributed by atoms with Gasteiger partial charge in [0.25, 0.3) is 0 Å². The summed E-state index contributed by atoms with van der Waals surface area (Å²) in [6.07, 6.45) is 2.80. The molecule has 5 nitrogen and oxygen atoms in total. The van der Waals surface area contributed by atoms with Crippen molar-refractivity contribution in [3.63, 3.8) is 0 Å². The molecule has 0 bridgehead atoms. The number of benzene rings is 2. The van der Waals surface area contributed by atoms with Crippen molar-refractivity contribution in [1.82, 2.24) is 14.9 Å². The maximum absolute atomic E-state index is 5.47. The summed E-state index contributed by atoms with van der Waals surface area (Å²) in [6.45, 7) is 4.73. The highest BCUT2D eigenvalue weighted by atomic mass is 32.1. The molecule has 128 valence electrons. The summed E-state index contributed by atoms with van der Waals surface area (Å²) in [5.74, 6) is 1.49. The van der Waals surface area contributed by atoms with E-state index in [9.17, 15) is 0 Å². The first-order valence-corrected chi connectivity index (χ1v) is 8.66. The summed E-state index contributed by atoms with van der Waals surface area (Å²) in [5.41, 5.74) is 3.22. The summed E-state index contributed by atoms with van der Waals surface area (Å²) in [4.78, 5) is 0. The van der Waals surface area contributed by atoms with Gasteiger partial charge in [-0.25, -0.2) is 5.10 Å². The minimum atomic E-state index is 0.449. The van der Waals surface area contributed by atoms with Gasteiger partial charge in [0.2, 0.25) is 4.77 Å². The highest BCUT2D eigenvalue weighted by Crippen LogP contribution is 2.21. The fourth-order valence-electron chi connectivity index (χ4n) is 2.42. The molecule has 1 heterocycles. The average molecular weight is 352 g/mol. The van der Waals surface area contributed by atoms with Gasteiger partial charge in [0.15, 0.2) is 5.82 Å². The van der Waals surface area contributed by atoms with E-state index in [1.807, 2.05) is 43.3 Å². The largest absolute Gasteiger partial charge is 0.494 e. The highest BCUT2D eigenvalue weighted by molar-refractivity contribution is 7.71. The molecule has 0 amide bonds.